The van der Waals surface area contributed by atoms with E-state index in [9.17, 15) is 19.5 Å². The Morgan fingerprint density at radius 2 is 1.77 bits per heavy atom. The molecule has 5 atom stereocenters. The number of carbonyl (C=O) groups excluding carboxylic acids is 3. The van der Waals surface area contributed by atoms with E-state index < -0.39 is 23.0 Å². The minimum absolute atomic E-state index is 0.135. The highest BCUT2D eigenvalue weighted by Gasteiger charge is 2.61. The minimum Gasteiger partial charge on any atom is -0.452 e. The van der Waals surface area contributed by atoms with Crippen molar-refractivity contribution >= 4 is 23.5 Å². The van der Waals surface area contributed by atoms with Crippen LogP contribution in [-0.2, 0) is 19.1 Å². The summed E-state index contributed by atoms with van der Waals surface area (Å²) < 4.78 is 5.60. The van der Waals surface area contributed by atoms with E-state index in [2.05, 4.69) is 5.32 Å². The van der Waals surface area contributed by atoms with E-state index in [0.717, 1.165) is 37.7 Å². The van der Waals surface area contributed by atoms with E-state index in [4.69, 9.17) is 4.74 Å². The fraction of sp³-hybridized carbons (Fsp3) is 0.625. The topological polar surface area (TPSA) is 95.9 Å². The molecule has 2 N–H and O–H groups in total. The molecule has 4 aliphatic rings. The Morgan fingerprint density at radius 1 is 1.16 bits per heavy atom. The maximum atomic E-state index is 13.1. The first kappa shape index (κ1) is 21.8. The monoisotopic (exact) mass is 428 g/mol. The largest absolute Gasteiger partial charge is 0.452 e. The summed E-state index contributed by atoms with van der Waals surface area (Å²) in [6, 6.07) is 7.40. The van der Waals surface area contributed by atoms with Crippen LogP contribution in [0.15, 0.2) is 24.3 Å². The summed E-state index contributed by atoms with van der Waals surface area (Å²) in [7, 11) is 1.52. The third-order valence-corrected chi connectivity index (χ3v) is 7.19. The van der Waals surface area contributed by atoms with Crippen LogP contribution >= 0.6 is 0 Å². The standard InChI is InChI=1S/C24H32N2O5/c1-15-4-6-19(7-5-15)25-20(27)13-26(3)21(28)16(2)31-22(29)23-9-17-8-18(10-23)12-24(30,11-17)14-23/h4-7,16-18,30H,8-14H2,1-3H3,(H,25,27)/t16-,17-,18+,23?,24?/m0/s1. The molecule has 1 aromatic rings. The van der Waals surface area contributed by atoms with Gasteiger partial charge in [-0.15, -0.1) is 0 Å². The van der Waals surface area contributed by atoms with Gasteiger partial charge in [0, 0.05) is 12.7 Å². The van der Waals surface area contributed by atoms with E-state index in [1.165, 1.54) is 11.9 Å². The summed E-state index contributed by atoms with van der Waals surface area (Å²) in [5.41, 5.74) is 0.318. The highest BCUT2D eigenvalue weighted by Crippen LogP contribution is 2.62. The van der Waals surface area contributed by atoms with Gasteiger partial charge >= 0.3 is 5.97 Å². The summed E-state index contributed by atoms with van der Waals surface area (Å²) in [5, 5.41) is 13.6. The Bertz CT molecular complexity index is 866. The van der Waals surface area contributed by atoms with E-state index in [1.807, 2.05) is 19.1 Å². The van der Waals surface area contributed by atoms with Gasteiger partial charge in [0.25, 0.3) is 5.91 Å². The molecule has 0 aromatic heterocycles. The van der Waals surface area contributed by atoms with E-state index in [-0.39, 0.29) is 18.4 Å². The van der Waals surface area contributed by atoms with Gasteiger partial charge in [0.15, 0.2) is 6.10 Å². The molecular weight excluding hydrogens is 396 g/mol. The molecule has 0 radical (unpaired) electrons. The van der Waals surface area contributed by atoms with Crippen molar-refractivity contribution in [1.29, 1.82) is 0 Å². The van der Waals surface area contributed by atoms with Crippen LogP contribution in [0, 0.1) is 24.2 Å². The normalized spacial score (nSPS) is 31.7. The number of rotatable bonds is 6. The van der Waals surface area contributed by atoms with Crippen molar-refractivity contribution in [2.24, 2.45) is 17.3 Å². The van der Waals surface area contributed by atoms with Gasteiger partial charge < -0.3 is 20.1 Å². The van der Waals surface area contributed by atoms with Crippen molar-refractivity contribution < 1.29 is 24.2 Å². The summed E-state index contributed by atoms with van der Waals surface area (Å²) >= 11 is 0. The SMILES string of the molecule is Cc1ccc(NC(=O)CN(C)C(=O)[C@H](C)OC(=O)C23C[C@@H]4C[C@@H](CC(O)(C4)C2)C3)cc1. The number of nitrogens with zero attached hydrogens (tertiary/aromatic N) is 1. The summed E-state index contributed by atoms with van der Waals surface area (Å²) in [6.07, 6.45) is 3.54. The third kappa shape index (κ3) is 4.47. The van der Waals surface area contributed by atoms with E-state index in [0.29, 0.717) is 23.9 Å². The maximum Gasteiger partial charge on any atom is 0.312 e. The first-order valence-electron chi connectivity index (χ1n) is 11.1. The van der Waals surface area contributed by atoms with Crippen LogP contribution in [0.5, 0.6) is 0 Å². The summed E-state index contributed by atoms with van der Waals surface area (Å²) in [5.74, 6) is -0.397. The number of ether oxygens (including phenoxy) is 1. The molecule has 4 fully saturated rings. The van der Waals surface area contributed by atoms with Crippen molar-refractivity contribution in [3.63, 3.8) is 0 Å². The fourth-order valence-electron chi connectivity index (χ4n) is 6.23. The number of nitrogens with one attached hydrogen (secondary N) is 1. The lowest BCUT2D eigenvalue weighted by Gasteiger charge is -2.58. The van der Waals surface area contributed by atoms with Gasteiger partial charge in [-0.1, -0.05) is 17.7 Å². The Labute approximate surface area is 183 Å². The lowest BCUT2D eigenvalue weighted by molar-refractivity contribution is -0.200. The predicted octanol–water partition coefficient (Wildman–Crippen LogP) is 2.65. The van der Waals surface area contributed by atoms with Crippen LogP contribution in [-0.4, -0.2) is 53.1 Å². The first-order chi connectivity index (χ1) is 14.6. The molecule has 0 heterocycles. The van der Waals surface area contributed by atoms with Gasteiger partial charge in [-0.05, 0) is 76.3 Å². The average molecular weight is 429 g/mol. The predicted molar refractivity (Wildman–Crippen MR) is 115 cm³/mol. The van der Waals surface area contributed by atoms with Crippen LogP contribution in [0.1, 0.15) is 51.0 Å². The molecule has 2 amide bonds. The second-order valence-corrected chi connectivity index (χ2v) is 10.1. The Kier molecular flexibility index (Phi) is 5.58. The zero-order valence-corrected chi connectivity index (χ0v) is 18.5. The highest BCUT2D eigenvalue weighted by atomic mass is 16.5. The molecule has 31 heavy (non-hydrogen) atoms. The zero-order valence-electron chi connectivity index (χ0n) is 18.5. The quantitative estimate of drug-likeness (QED) is 0.679. The van der Waals surface area contributed by atoms with Crippen LogP contribution in [0.4, 0.5) is 5.69 Å². The van der Waals surface area contributed by atoms with Gasteiger partial charge in [-0.2, -0.15) is 0 Å². The second kappa shape index (κ2) is 7.93. The Hall–Kier alpha value is -2.41. The lowest BCUT2D eigenvalue weighted by atomic mass is 9.48. The molecule has 4 saturated carbocycles. The molecule has 1 aromatic carbocycles. The molecular formula is C24H32N2O5. The van der Waals surface area contributed by atoms with E-state index >= 15 is 0 Å². The highest BCUT2D eigenvalue weighted by molar-refractivity contribution is 5.95. The molecule has 7 heteroatoms. The van der Waals surface area contributed by atoms with Crippen LogP contribution in [0.25, 0.3) is 0 Å². The number of likely N-dealkylation sites (N-methyl/N-ethyl adjacent to an activating group) is 1. The maximum absolute atomic E-state index is 13.1. The number of amides is 2. The Morgan fingerprint density at radius 3 is 2.35 bits per heavy atom. The van der Waals surface area contributed by atoms with Crippen molar-refractivity contribution in [2.45, 2.75) is 64.1 Å². The number of anilines is 1. The number of hydrogen-bond donors (Lipinski definition) is 2. The molecule has 7 nitrogen and oxygen atoms in total. The Balaban J connectivity index is 1.32. The van der Waals surface area contributed by atoms with Crippen LogP contribution in [0.2, 0.25) is 0 Å². The number of esters is 1. The molecule has 168 valence electrons. The van der Waals surface area contributed by atoms with Gasteiger partial charge in [0.05, 0.1) is 17.6 Å². The van der Waals surface area contributed by atoms with Gasteiger partial charge in [-0.25, -0.2) is 0 Å². The third-order valence-electron chi connectivity index (χ3n) is 7.19. The van der Waals surface area contributed by atoms with Crippen molar-refractivity contribution in [3.8, 4) is 0 Å². The fourth-order valence-corrected chi connectivity index (χ4v) is 6.23. The lowest BCUT2D eigenvalue weighted by Crippen LogP contribution is -2.59. The smallest absolute Gasteiger partial charge is 0.312 e. The zero-order chi connectivity index (χ0) is 22.4. The van der Waals surface area contributed by atoms with Gasteiger partial charge in [-0.3, -0.25) is 14.4 Å². The molecule has 5 rings (SSSR count). The van der Waals surface area contributed by atoms with Gasteiger partial charge in [0.1, 0.15) is 0 Å². The van der Waals surface area contributed by atoms with E-state index in [1.54, 1.807) is 19.1 Å². The molecule has 2 unspecified atom stereocenters. The molecule has 0 saturated heterocycles. The molecule has 4 aliphatic carbocycles. The van der Waals surface area contributed by atoms with Crippen LogP contribution in [0.3, 0.4) is 0 Å². The number of carbonyl (C=O) groups is 3. The molecule has 4 bridgehead atoms. The number of aryl methyl sites for hydroxylation is 1. The van der Waals surface area contributed by atoms with Crippen molar-refractivity contribution in [1.82, 2.24) is 4.90 Å². The molecule has 0 spiro atoms. The van der Waals surface area contributed by atoms with Crippen molar-refractivity contribution in [3.05, 3.63) is 29.8 Å². The van der Waals surface area contributed by atoms with Crippen molar-refractivity contribution in [2.75, 3.05) is 18.9 Å². The number of aliphatic hydroxyl groups is 1. The summed E-state index contributed by atoms with van der Waals surface area (Å²) in [4.78, 5) is 39.4. The average Bonchev–Trinajstić information content (AvgIpc) is 2.67. The second-order valence-electron chi connectivity index (χ2n) is 10.1. The number of hydrogen-bond acceptors (Lipinski definition) is 5. The van der Waals surface area contributed by atoms with Gasteiger partial charge in [0.2, 0.25) is 5.91 Å². The molecule has 0 aliphatic heterocycles. The minimum atomic E-state index is -0.979. The van der Waals surface area contributed by atoms with Crippen LogP contribution < -0.4 is 5.32 Å². The summed E-state index contributed by atoms with van der Waals surface area (Å²) in [6.45, 7) is 3.37. The number of benzene rings is 1. The first-order valence-corrected chi connectivity index (χ1v) is 11.1.